The summed E-state index contributed by atoms with van der Waals surface area (Å²) in [5, 5.41) is 0. The van der Waals surface area contributed by atoms with Crippen LogP contribution in [0.1, 0.15) is 17.3 Å². The predicted octanol–water partition coefficient (Wildman–Crippen LogP) is 6.40. The molecule has 232 valence electrons. The SMILES string of the molecule is CC(=O)c1ccc(-n2cc(-c3ccncc3)n(-c3ccc(F)cc3)c2=O)cc1.O=c1[nH]cc(-c2ccncc2)n1-c1ccc(F)cc1. The molecule has 1 N–H and O–H groups in total. The van der Waals surface area contributed by atoms with Crippen molar-refractivity contribution < 1.29 is 13.6 Å². The third kappa shape index (κ3) is 6.50. The Morgan fingerprint density at radius 1 is 0.617 bits per heavy atom. The first-order chi connectivity index (χ1) is 22.8. The molecule has 0 bridgehead atoms. The molecule has 0 aliphatic heterocycles. The van der Waals surface area contributed by atoms with Crippen molar-refractivity contribution >= 4 is 5.78 Å². The molecule has 47 heavy (non-hydrogen) atoms. The van der Waals surface area contributed by atoms with Gasteiger partial charge in [0, 0.05) is 53.9 Å². The van der Waals surface area contributed by atoms with Gasteiger partial charge in [0.25, 0.3) is 0 Å². The molecular formula is C36H26F2N6O3. The summed E-state index contributed by atoms with van der Waals surface area (Å²) in [4.78, 5) is 47.2. The molecule has 7 aromatic rings. The number of pyridine rings is 2. The molecule has 0 amide bonds. The lowest BCUT2D eigenvalue weighted by molar-refractivity contribution is 0.101. The number of hydrogen-bond donors (Lipinski definition) is 1. The fraction of sp³-hybridized carbons (Fsp3) is 0.0278. The Hall–Kier alpha value is -6.49. The third-order valence-electron chi connectivity index (χ3n) is 7.34. The number of aromatic nitrogens is 6. The zero-order chi connectivity index (χ0) is 32.9. The van der Waals surface area contributed by atoms with E-state index in [4.69, 9.17) is 0 Å². The van der Waals surface area contributed by atoms with E-state index in [2.05, 4.69) is 15.0 Å². The molecule has 0 aliphatic carbocycles. The van der Waals surface area contributed by atoms with Crippen molar-refractivity contribution in [1.82, 2.24) is 28.7 Å². The van der Waals surface area contributed by atoms with E-state index in [0.29, 0.717) is 34.0 Å². The second-order valence-corrected chi connectivity index (χ2v) is 10.3. The Bertz CT molecular complexity index is 2260. The van der Waals surface area contributed by atoms with Gasteiger partial charge in [-0.25, -0.2) is 18.4 Å². The molecule has 7 rings (SSSR count). The number of aromatic amines is 1. The average molecular weight is 629 g/mol. The number of ketones is 1. The van der Waals surface area contributed by atoms with Crippen LogP contribution in [0, 0.1) is 11.6 Å². The van der Waals surface area contributed by atoms with E-state index in [-0.39, 0.29) is 28.8 Å². The van der Waals surface area contributed by atoms with E-state index in [0.717, 1.165) is 11.1 Å². The second-order valence-electron chi connectivity index (χ2n) is 10.3. The van der Waals surface area contributed by atoms with E-state index in [1.807, 2.05) is 12.1 Å². The number of carbonyl (C=O) groups is 1. The van der Waals surface area contributed by atoms with Crippen LogP contribution in [0.15, 0.2) is 144 Å². The molecule has 0 saturated carbocycles. The van der Waals surface area contributed by atoms with Gasteiger partial charge in [-0.3, -0.25) is 28.5 Å². The third-order valence-corrected chi connectivity index (χ3v) is 7.34. The summed E-state index contributed by atoms with van der Waals surface area (Å²) in [6, 6.07) is 25.6. The number of rotatable bonds is 6. The van der Waals surface area contributed by atoms with Gasteiger partial charge in [-0.1, -0.05) is 0 Å². The molecule has 4 heterocycles. The van der Waals surface area contributed by atoms with Gasteiger partial charge in [0.15, 0.2) is 5.78 Å². The van der Waals surface area contributed by atoms with Crippen molar-refractivity contribution in [3.63, 3.8) is 0 Å². The van der Waals surface area contributed by atoms with Crippen LogP contribution in [0.2, 0.25) is 0 Å². The van der Waals surface area contributed by atoms with Crippen molar-refractivity contribution in [1.29, 1.82) is 0 Å². The summed E-state index contributed by atoms with van der Waals surface area (Å²) in [6.07, 6.45) is 9.95. The minimum absolute atomic E-state index is 0.0414. The maximum atomic E-state index is 13.4. The number of H-pyrrole nitrogens is 1. The Balaban J connectivity index is 0.000000177. The number of nitrogens with zero attached hydrogens (tertiary/aromatic N) is 5. The van der Waals surface area contributed by atoms with Crippen LogP contribution in [-0.4, -0.2) is 34.4 Å². The van der Waals surface area contributed by atoms with Crippen LogP contribution < -0.4 is 11.4 Å². The minimum Gasteiger partial charge on any atom is -0.312 e. The Labute approximate surface area is 266 Å². The Morgan fingerprint density at radius 2 is 1.09 bits per heavy atom. The number of carbonyl (C=O) groups excluding carboxylic acids is 1. The first-order valence-corrected chi connectivity index (χ1v) is 14.4. The summed E-state index contributed by atoms with van der Waals surface area (Å²) in [5.74, 6) is -0.750. The summed E-state index contributed by atoms with van der Waals surface area (Å²) in [6.45, 7) is 1.49. The van der Waals surface area contributed by atoms with Crippen molar-refractivity contribution in [2.24, 2.45) is 0 Å². The Morgan fingerprint density at radius 3 is 1.60 bits per heavy atom. The van der Waals surface area contributed by atoms with E-state index in [1.54, 1.807) is 97.8 Å². The lowest BCUT2D eigenvalue weighted by Crippen LogP contribution is -2.22. The number of hydrogen-bond acceptors (Lipinski definition) is 5. The van der Waals surface area contributed by atoms with Crippen molar-refractivity contribution in [3.05, 3.63) is 172 Å². The monoisotopic (exact) mass is 628 g/mol. The summed E-state index contributed by atoms with van der Waals surface area (Å²) < 4.78 is 30.8. The van der Waals surface area contributed by atoms with E-state index >= 15 is 0 Å². The highest BCUT2D eigenvalue weighted by atomic mass is 19.1. The summed E-state index contributed by atoms with van der Waals surface area (Å²) in [5.41, 5.74) is 4.82. The highest BCUT2D eigenvalue weighted by Gasteiger charge is 2.16. The lowest BCUT2D eigenvalue weighted by atomic mass is 10.1. The fourth-order valence-corrected chi connectivity index (χ4v) is 5.00. The van der Waals surface area contributed by atoms with Crippen LogP contribution in [0.3, 0.4) is 0 Å². The van der Waals surface area contributed by atoms with Gasteiger partial charge in [0.1, 0.15) is 11.6 Å². The molecule has 0 saturated heterocycles. The van der Waals surface area contributed by atoms with Gasteiger partial charge in [0.2, 0.25) is 0 Å². The molecule has 0 unspecified atom stereocenters. The van der Waals surface area contributed by atoms with E-state index < -0.39 is 0 Å². The quantitative estimate of drug-likeness (QED) is 0.215. The Kier molecular flexibility index (Phi) is 8.60. The molecule has 0 spiro atoms. The van der Waals surface area contributed by atoms with E-state index in [9.17, 15) is 23.2 Å². The molecule has 4 aromatic heterocycles. The topological polar surface area (TPSA) is 108 Å². The minimum atomic E-state index is -0.374. The zero-order valence-corrected chi connectivity index (χ0v) is 24.9. The molecule has 0 fully saturated rings. The maximum Gasteiger partial charge on any atom is 0.337 e. The van der Waals surface area contributed by atoms with Gasteiger partial charge in [-0.05, 0) is 104 Å². The second kappa shape index (κ2) is 13.2. The molecule has 0 aliphatic rings. The largest absolute Gasteiger partial charge is 0.337 e. The molecule has 11 heteroatoms. The summed E-state index contributed by atoms with van der Waals surface area (Å²) in [7, 11) is 0. The molecule has 9 nitrogen and oxygen atoms in total. The normalized spacial score (nSPS) is 10.7. The average Bonchev–Trinajstić information content (AvgIpc) is 3.66. The van der Waals surface area contributed by atoms with Gasteiger partial charge in [0.05, 0.1) is 28.5 Å². The molecule has 0 atom stereocenters. The highest BCUT2D eigenvalue weighted by Crippen LogP contribution is 2.23. The predicted molar refractivity (Wildman–Crippen MR) is 174 cm³/mol. The van der Waals surface area contributed by atoms with E-state index in [1.165, 1.54) is 44.9 Å². The number of nitrogens with one attached hydrogen (secondary N) is 1. The van der Waals surface area contributed by atoms with Crippen LogP contribution in [0.25, 0.3) is 39.6 Å². The standard InChI is InChI=1S/C22H16FN3O2.C14H10FN3O/c1-15(27)16-2-6-19(7-3-16)25-14-21(17-10-12-24-13-11-17)26(22(25)28)20-8-4-18(23)5-9-20;15-11-1-3-12(4-2-11)18-13(9-17-14(18)19)10-5-7-16-8-6-10/h2-14H,1H3;1-9H,(H,17,19). The summed E-state index contributed by atoms with van der Waals surface area (Å²) >= 11 is 0. The van der Waals surface area contributed by atoms with Crippen LogP contribution in [0.4, 0.5) is 8.78 Å². The number of imidazole rings is 2. The first-order valence-electron chi connectivity index (χ1n) is 14.4. The fourth-order valence-electron chi connectivity index (χ4n) is 5.00. The smallest absolute Gasteiger partial charge is 0.312 e. The van der Waals surface area contributed by atoms with Crippen LogP contribution in [-0.2, 0) is 0 Å². The van der Waals surface area contributed by atoms with Crippen molar-refractivity contribution in [2.75, 3.05) is 0 Å². The van der Waals surface area contributed by atoms with Gasteiger partial charge in [-0.15, -0.1) is 0 Å². The molecular weight excluding hydrogens is 602 g/mol. The first kappa shape index (κ1) is 30.5. The molecule has 3 aromatic carbocycles. The number of Topliss-reactive ketones (excluding diaryl/α,β-unsaturated/α-hetero) is 1. The zero-order valence-electron chi connectivity index (χ0n) is 24.9. The van der Waals surface area contributed by atoms with Gasteiger partial charge in [-0.2, -0.15) is 0 Å². The van der Waals surface area contributed by atoms with Gasteiger partial charge < -0.3 is 4.98 Å². The molecule has 0 radical (unpaired) electrons. The van der Waals surface area contributed by atoms with Gasteiger partial charge >= 0.3 is 11.4 Å². The number of halogens is 2. The number of benzene rings is 3. The lowest BCUT2D eigenvalue weighted by Gasteiger charge is -2.07. The van der Waals surface area contributed by atoms with Crippen LogP contribution >= 0.6 is 0 Å². The van der Waals surface area contributed by atoms with Crippen molar-refractivity contribution in [2.45, 2.75) is 6.92 Å². The highest BCUT2D eigenvalue weighted by molar-refractivity contribution is 5.94. The van der Waals surface area contributed by atoms with Crippen molar-refractivity contribution in [3.8, 4) is 39.6 Å². The maximum absolute atomic E-state index is 13.4. The van der Waals surface area contributed by atoms with Crippen LogP contribution in [0.5, 0.6) is 0 Å².